The van der Waals surface area contributed by atoms with Gasteiger partial charge in [0.05, 0.1) is 13.0 Å². The molecule has 4 nitrogen and oxygen atoms in total. The minimum atomic E-state index is -0.412. The van der Waals surface area contributed by atoms with Crippen molar-refractivity contribution in [3.63, 3.8) is 0 Å². The number of methoxy groups -OCH3 is 1. The average molecular weight is 326 g/mol. The van der Waals surface area contributed by atoms with Crippen molar-refractivity contribution in [1.82, 2.24) is 5.32 Å². The van der Waals surface area contributed by atoms with Crippen molar-refractivity contribution in [3.8, 4) is 5.75 Å². The summed E-state index contributed by atoms with van der Waals surface area (Å²) in [6.45, 7) is 2.45. The van der Waals surface area contributed by atoms with E-state index in [1.807, 2.05) is 31.2 Å². The van der Waals surface area contributed by atoms with Crippen molar-refractivity contribution < 1.29 is 9.53 Å². The van der Waals surface area contributed by atoms with Gasteiger partial charge in [0, 0.05) is 17.6 Å². The molecule has 0 bridgehead atoms. The van der Waals surface area contributed by atoms with Crippen molar-refractivity contribution in [2.45, 2.75) is 44.7 Å². The molecular formula is C20H26N2O2. The van der Waals surface area contributed by atoms with Crippen LogP contribution in [0.2, 0.25) is 0 Å². The monoisotopic (exact) mass is 326 g/mol. The fraction of sp³-hybridized carbons (Fsp3) is 0.450. The molecule has 24 heavy (non-hydrogen) atoms. The van der Waals surface area contributed by atoms with Crippen molar-refractivity contribution in [1.29, 1.82) is 0 Å². The van der Waals surface area contributed by atoms with Crippen LogP contribution in [0.3, 0.4) is 0 Å². The topological polar surface area (TPSA) is 64.3 Å². The molecule has 1 fully saturated rings. The highest BCUT2D eigenvalue weighted by atomic mass is 16.5. The van der Waals surface area contributed by atoms with Crippen LogP contribution >= 0.6 is 0 Å². The van der Waals surface area contributed by atoms with E-state index in [1.54, 1.807) is 7.11 Å². The molecule has 2 unspecified atom stereocenters. The van der Waals surface area contributed by atoms with Crippen LogP contribution in [0.1, 0.15) is 38.2 Å². The van der Waals surface area contributed by atoms with Gasteiger partial charge in [0.1, 0.15) is 5.75 Å². The number of benzene rings is 2. The fourth-order valence-corrected chi connectivity index (χ4v) is 3.78. The van der Waals surface area contributed by atoms with E-state index < -0.39 is 5.54 Å². The SMILES string of the molecule is COc1ccc2ccccc2c1CNC(=O)C1CCCCC1(C)N. The van der Waals surface area contributed by atoms with E-state index in [2.05, 4.69) is 17.4 Å². The van der Waals surface area contributed by atoms with E-state index in [1.165, 1.54) is 0 Å². The summed E-state index contributed by atoms with van der Waals surface area (Å²) in [6, 6.07) is 12.1. The first-order valence-corrected chi connectivity index (χ1v) is 8.64. The molecule has 1 aliphatic carbocycles. The highest BCUT2D eigenvalue weighted by Crippen LogP contribution is 2.32. The van der Waals surface area contributed by atoms with Crippen LogP contribution in [0.15, 0.2) is 36.4 Å². The van der Waals surface area contributed by atoms with Crippen LogP contribution in [0.4, 0.5) is 0 Å². The number of hydrogen-bond donors (Lipinski definition) is 2. The molecule has 2 atom stereocenters. The maximum atomic E-state index is 12.7. The van der Waals surface area contributed by atoms with E-state index in [-0.39, 0.29) is 11.8 Å². The Kier molecular flexibility index (Phi) is 4.76. The van der Waals surface area contributed by atoms with Crippen LogP contribution < -0.4 is 15.8 Å². The Balaban J connectivity index is 1.81. The maximum Gasteiger partial charge on any atom is 0.225 e. The molecule has 3 rings (SSSR count). The second kappa shape index (κ2) is 6.81. The lowest BCUT2D eigenvalue weighted by Gasteiger charge is -2.37. The van der Waals surface area contributed by atoms with Crippen LogP contribution in [0.5, 0.6) is 5.75 Å². The van der Waals surface area contributed by atoms with E-state index in [0.717, 1.165) is 47.8 Å². The van der Waals surface area contributed by atoms with Gasteiger partial charge in [-0.3, -0.25) is 4.79 Å². The van der Waals surface area contributed by atoms with Gasteiger partial charge >= 0.3 is 0 Å². The van der Waals surface area contributed by atoms with Gasteiger partial charge in [-0.1, -0.05) is 43.2 Å². The number of nitrogens with two attached hydrogens (primary N) is 1. The van der Waals surface area contributed by atoms with E-state index in [9.17, 15) is 4.79 Å². The number of fused-ring (bicyclic) bond motifs is 1. The lowest BCUT2D eigenvalue weighted by Crippen LogP contribution is -2.52. The zero-order valence-corrected chi connectivity index (χ0v) is 14.5. The highest BCUT2D eigenvalue weighted by molar-refractivity contribution is 5.88. The van der Waals surface area contributed by atoms with Gasteiger partial charge in [-0.25, -0.2) is 0 Å². The Labute approximate surface area is 143 Å². The van der Waals surface area contributed by atoms with E-state index in [0.29, 0.717) is 6.54 Å². The molecule has 2 aromatic rings. The predicted octanol–water partition coefficient (Wildman–Crippen LogP) is 3.37. The van der Waals surface area contributed by atoms with E-state index in [4.69, 9.17) is 10.5 Å². The lowest BCUT2D eigenvalue weighted by molar-refractivity contribution is -0.128. The van der Waals surface area contributed by atoms with Crippen LogP contribution in [-0.2, 0) is 11.3 Å². The Hall–Kier alpha value is -2.07. The molecular weight excluding hydrogens is 300 g/mol. The number of rotatable bonds is 4. The molecule has 1 aliphatic rings. The van der Waals surface area contributed by atoms with Gasteiger partial charge in [-0.2, -0.15) is 0 Å². The molecule has 128 valence electrons. The second-order valence-electron chi connectivity index (χ2n) is 6.99. The summed E-state index contributed by atoms with van der Waals surface area (Å²) in [5.41, 5.74) is 6.95. The van der Waals surface area contributed by atoms with Gasteiger partial charge < -0.3 is 15.8 Å². The third-order valence-electron chi connectivity index (χ3n) is 5.23. The quantitative estimate of drug-likeness (QED) is 0.905. The van der Waals surface area contributed by atoms with Crippen molar-refractivity contribution >= 4 is 16.7 Å². The van der Waals surface area contributed by atoms with Crippen molar-refractivity contribution in [3.05, 3.63) is 42.0 Å². The summed E-state index contributed by atoms with van der Waals surface area (Å²) in [4.78, 5) is 12.7. The first kappa shape index (κ1) is 16.8. The fourth-order valence-electron chi connectivity index (χ4n) is 3.78. The molecule has 0 spiro atoms. The molecule has 3 N–H and O–H groups in total. The molecule has 0 heterocycles. The van der Waals surface area contributed by atoms with E-state index >= 15 is 0 Å². The number of amides is 1. The van der Waals surface area contributed by atoms with Gasteiger partial charge in [0.25, 0.3) is 0 Å². The number of carbonyl (C=O) groups excluding carboxylic acids is 1. The first-order chi connectivity index (χ1) is 11.5. The first-order valence-electron chi connectivity index (χ1n) is 8.64. The Morgan fingerprint density at radius 3 is 2.83 bits per heavy atom. The molecule has 0 aromatic heterocycles. The van der Waals surface area contributed by atoms with Gasteiger partial charge in [-0.15, -0.1) is 0 Å². The summed E-state index contributed by atoms with van der Waals surface area (Å²) in [7, 11) is 1.66. The minimum absolute atomic E-state index is 0.0506. The molecule has 1 amide bonds. The van der Waals surface area contributed by atoms with Gasteiger partial charge in [0.15, 0.2) is 0 Å². The molecule has 4 heteroatoms. The third kappa shape index (κ3) is 3.24. The summed E-state index contributed by atoms with van der Waals surface area (Å²) < 4.78 is 5.50. The zero-order chi connectivity index (χ0) is 17.2. The number of ether oxygens (including phenoxy) is 1. The van der Waals surface area contributed by atoms with Crippen molar-refractivity contribution in [2.24, 2.45) is 11.7 Å². The lowest BCUT2D eigenvalue weighted by atomic mass is 9.74. The zero-order valence-electron chi connectivity index (χ0n) is 14.5. The molecule has 1 saturated carbocycles. The summed E-state index contributed by atoms with van der Waals surface area (Å²) in [6.07, 6.45) is 3.95. The predicted molar refractivity (Wildman–Crippen MR) is 96.9 cm³/mol. The summed E-state index contributed by atoms with van der Waals surface area (Å²) in [5.74, 6) is 0.732. The van der Waals surface area contributed by atoms with Gasteiger partial charge in [-0.05, 0) is 36.6 Å². The highest BCUT2D eigenvalue weighted by Gasteiger charge is 2.37. The molecule has 0 radical (unpaired) electrons. The largest absolute Gasteiger partial charge is 0.496 e. The van der Waals surface area contributed by atoms with Crippen molar-refractivity contribution in [2.75, 3.05) is 7.11 Å². The Morgan fingerprint density at radius 2 is 2.08 bits per heavy atom. The molecule has 0 aliphatic heterocycles. The second-order valence-corrected chi connectivity index (χ2v) is 6.99. The Morgan fingerprint density at radius 1 is 1.29 bits per heavy atom. The number of carbonyl (C=O) groups is 1. The standard InChI is InChI=1S/C20H26N2O2/c1-20(21)12-6-5-9-17(20)19(23)22-13-16-15-8-4-3-7-14(15)10-11-18(16)24-2/h3-4,7-8,10-11,17H,5-6,9,12-13,21H2,1-2H3,(H,22,23). The molecule has 2 aromatic carbocycles. The van der Waals surface area contributed by atoms with Gasteiger partial charge in [0.2, 0.25) is 5.91 Å². The Bertz CT molecular complexity index is 739. The number of nitrogens with one attached hydrogen (secondary N) is 1. The average Bonchev–Trinajstić information content (AvgIpc) is 2.58. The van der Waals surface area contributed by atoms with Crippen LogP contribution in [-0.4, -0.2) is 18.6 Å². The molecule has 0 saturated heterocycles. The third-order valence-corrected chi connectivity index (χ3v) is 5.23. The number of hydrogen-bond acceptors (Lipinski definition) is 3. The minimum Gasteiger partial charge on any atom is -0.496 e. The smallest absolute Gasteiger partial charge is 0.225 e. The normalized spacial score (nSPS) is 23.9. The van der Waals surface area contributed by atoms with Crippen LogP contribution in [0.25, 0.3) is 10.8 Å². The summed E-state index contributed by atoms with van der Waals surface area (Å²) >= 11 is 0. The summed E-state index contributed by atoms with van der Waals surface area (Å²) in [5, 5.41) is 5.34. The maximum absolute atomic E-state index is 12.7. The van der Waals surface area contributed by atoms with Crippen LogP contribution in [0, 0.1) is 5.92 Å².